The van der Waals surface area contributed by atoms with Crippen molar-refractivity contribution in [2.75, 3.05) is 0 Å². The van der Waals surface area contributed by atoms with Gasteiger partial charge in [0.25, 0.3) is 0 Å². The van der Waals surface area contributed by atoms with E-state index in [4.69, 9.17) is 9.47 Å². The molecule has 4 heteroatoms. The number of allylic oxidation sites excluding steroid dienone is 2. The van der Waals surface area contributed by atoms with E-state index >= 15 is 0 Å². The van der Waals surface area contributed by atoms with Crippen molar-refractivity contribution in [3.63, 3.8) is 0 Å². The second-order valence-electron chi connectivity index (χ2n) is 8.95. The van der Waals surface area contributed by atoms with Crippen LogP contribution in [0.1, 0.15) is 39.5 Å². The van der Waals surface area contributed by atoms with Crippen molar-refractivity contribution in [2.24, 2.45) is 0 Å². The first-order chi connectivity index (χ1) is 17.8. The minimum Gasteiger partial charge on any atom is -0.447 e. The lowest BCUT2D eigenvalue weighted by Gasteiger charge is -2.24. The molecular weight excluding hydrogens is 480 g/mol. The molecule has 0 spiro atoms. The number of hydrogen-bond acceptors (Lipinski definition) is 2. The first-order valence-electron chi connectivity index (χ1n) is 12.7. The maximum absolute atomic E-state index is 6.40. The molecule has 0 unspecified atom stereocenters. The largest absolute Gasteiger partial charge is 0.447 e. The average Bonchev–Trinajstić information content (AvgIpc) is 2.92. The van der Waals surface area contributed by atoms with Gasteiger partial charge in [0.1, 0.15) is 21.8 Å². The molecule has 2 nitrogen and oxygen atoms in total. The van der Waals surface area contributed by atoms with Gasteiger partial charge in [0.15, 0.2) is 32.8 Å². The fraction of sp³-hybridized carbons (Fsp3) is 0.188. The van der Waals surface area contributed by atoms with Crippen molar-refractivity contribution >= 4 is 21.8 Å². The molecule has 2 aliphatic rings. The van der Waals surface area contributed by atoms with Crippen LogP contribution in [0.25, 0.3) is 0 Å². The summed E-state index contributed by atoms with van der Waals surface area (Å²) in [4.78, 5) is 8.33. The zero-order valence-electron chi connectivity index (χ0n) is 20.7. The summed E-state index contributed by atoms with van der Waals surface area (Å²) in [5.74, 6) is 3.94. The Labute approximate surface area is 219 Å². The lowest BCUT2D eigenvalue weighted by atomic mass is 10.2. The van der Waals surface area contributed by atoms with Crippen molar-refractivity contribution < 1.29 is 9.47 Å². The molecule has 0 saturated carbocycles. The first kappa shape index (κ1) is 23.3. The zero-order valence-corrected chi connectivity index (χ0v) is 22.3. The second kappa shape index (κ2) is 10.1. The Kier molecular flexibility index (Phi) is 6.56. The molecule has 0 atom stereocenters. The molecular formula is C32H30O2S2+2. The number of rotatable bonds is 6. The molecule has 0 fully saturated rings. The number of para-hydroxylation sites is 4. The summed E-state index contributed by atoms with van der Waals surface area (Å²) in [5.41, 5.74) is 0. The highest BCUT2D eigenvalue weighted by Crippen LogP contribution is 2.53. The number of ether oxygens (including phenoxy) is 2. The maximum Gasteiger partial charge on any atom is 0.208 e. The Hall–Kier alpha value is -3.08. The highest BCUT2D eigenvalue weighted by Gasteiger charge is 2.49. The smallest absolute Gasteiger partial charge is 0.208 e. The van der Waals surface area contributed by atoms with Gasteiger partial charge < -0.3 is 9.47 Å². The van der Waals surface area contributed by atoms with E-state index in [1.165, 1.54) is 19.6 Å². The highest BCUT2D eigenvalue weighted by molar-refractivity contribution is 8.04. The molecule has 4 aromatic carbocycles. The van der Waals surface area contributed by atoms with Crippen LogP contribution in [0.2, 0.25) is 0 Å². The third-order valence-corrected chi connectivity index (χ3v) is 11.6. The second-order valence-corrected chi connectivity index (χ2v) is 12.9. The Bertz CT molecular complexity index is 1240. The van der Waals surface area contributed by atoms with Gasteiger partial charge >= 0.3 is 0 Å². The predicted molar refractivity (Wildman–Crippen MR) is 151 cm³/mol. The quantitative estimate of drug-likeness (QED) is 0.240. The van der Waals surface area contributed by atoms with E-state index in [-0.39, 0.29) is 21.8 Å². The first-order valence-corrected chi connectivity index (χ1v) is 15.2. The maximum atomic E-state index is 6.40. The monoisotopic (exact) mass is 510 g/mol. The van der Waals surface area contributed by atoms with E-state index in [2.05, 4.69) is 111 Å². The average molecular weight is 511 g/mol. The van der Waals surface area contributed by atoms with Crippen LogP contribution in [0.5, 0.6) is 23.0 Å². The van der Waals surface area contributed by atoms with Crippen LogP contribution < -0.4 is 9.47 Å². The van der Waals surface area contributed by atoms with Crippen LogP contribution in [0, 0.1) is 0 Å². The summed E-state index contributed by atoms with van der Waals surface area (Å²) < 4.78 is 12.8. The van der Waals surface area contributed by atoms with Crippen LogP contribution in [-0.2, 0) is 21.8 Å². The lowest BCUT2D eigenvalue weighted by molar-refractivity contribution is 0.452. The minimum atomic E-state index is -0.198. The number of benzene rings is 4. The van der Waals surface area contributed by atoms with Gasteiger partial charge in [0.05, 0.1) is 0 Å². The van der Waals surface area contributed by atoms with Crippen molar-refractivity contribution in [3.05, 3.63) is 107 Å². The van der Waals surface area contributed by atoms with Gasteiger partial charge in [0.2, 0.25) is 19.6 Å². The van der Waals surface area contributed by atoms with Gasteiger partial charge in [-0.15, -0.1) is 0 Å². The van der Waals surface area contributed by atoms with Crippen molar-refractivity contribution in [1.82, 2.24) is 0 Å². The summed E-state index contributed by atoms with van der Waals surface area (Å²) in [5, 5.41) is 0. The van der Waals surface area contributed by atoms with Crippen molar-refractivity contribution in [3.8, 4) is 23.0 Å². The predicted octanol–water partition coefficient (Wildman–Crippen LogP) is 9.48. The summed E-state index contributed by atoms with van der Waals surface area (Å²) in [6.07, 6.45) is 4.34. The Balaban J connectivity index is 1.65. The molecule has 2 heterocycles. The summed E-state index contributed by atoms with van der Waals surface area (Å²) >= 11 is 0. The van der Waals surface area contributed by atoms with Crippen LogP contribution >= 0.6 is 0 Å². The zero-order chi connectivity index (χ0) is 24.5. The Morgan fingerprint density at radius 3 is 1.03 bits per heavy atom. The third-order valence-electron chi connectivity index (χ3n) is 6.47. The van der Waals surface area contributed by atoms with Crippen molar-refractivity contribution in [2.45, 2.75) is 59.1 Å². The normalized spacial score (nSPS) is 14.9. The Morgan fingerprint density at radius 2 is 0.750 bits per heavy atom. The van der Waals surface area contributed by atoms with Crippen LogP contribution in [-0.4, -0.2) is 0 Å². The van der Waals surface area contributed by atoms with Gasteiger partial charge in [-0.3, -0.25) is 0 Å². The molecule has 2 aliphatic heterocycles. The van der Waals surface area contributed by atoms with Gasteiger partial charge in [0, 0.05) is 12.8 Å². The topological polar surface area (TPSA) is 18.5 Å². The highest BCUT2D eigenvalue weighted by atomic mass is 32.2. The molecule has 0 saturated heterocycles. The van der Waals surface area contributed by atoms with E-state index in [1.807, 2.05) is 0 Å². The van der Waals surface area contributed by atoms with E-state index < -0.39 is 0 Å². The fourth-order valence-electron chi connectivity index (χ4n) is 4.98. The molecule has 0 bridgehead atoms. The van der Waals surface area contributed by atoms with Gasteiger partial charge in [-0.05, 0) is 61.4 Å². The van der Waals surface area contributed by atoms with Crippen LogP contribution in [0.4, 0.5) is 0 Å². The van der Waals surface area contributed by atoms with E-state index in [1.54, 1.807) is 9.81 Å². The fourth-order valence-corrected chi connectivity index (χ4v) is 10.6. The standard InChI is InChI=1S/C32H30O2S2/c1-3-13-31(35-27-19-9-5-15-23(27)33-24-16-6-10-20-28(24)35)32(14-4-2)36-29-21-11-7-17-25(29)34-26-18-8-12-22-30(26)36/h5-12,15-22H,3-4,13-14H2,1-2H3/q+2/b32-31+. The molecule has 0 amide bonds. The van der Waals surface area contributed by atoms with Gasteiger partial charge in [-0.1, -0.05) is 62.4 Å². The summed E-state index contributed by atoms with van der Waals surface area (Å²) in [6.45, 7) is 4.61. The molecule has 0 aliphatic carbocycles. The summed E-state index contributed by atoms with van der Waals surface area (Å²) in [7, 11) is -0.397. The van der Waals surface area contributed by atoms with E-state index in [0.29, 0.717) is 0 Å². The molecule has 0 aromatic heterocycles. The number of hydrogen-bond donors (Lipinski definition) is 0. The van der Waals surface area contributed by atoms with Gasteiger partial charge in [-0.25, -0.2) is 0 Å². The molecule has 0 radical (unpaired) electrons. The molecule has 180 valence electrons. The summed E-state index contributed by atoms with van der Waals surface area (Å²) in [6, 6.07) is 34.5. The van der Waals surface area contributed by atoms with Crippen LogP contribution in [0.15, 0.2) is 126 Å². The lowest BCUT2D eigenvalue weighted by Crippen LogP contribution is -2.21. The van der Waals surface area contributed by atoms with E-state index in [9.17, 15) is 0 Å². The molecule has 36 heavy (non-hydrogen) atoms. The minimum absolute atomic E-state index is 0.198. The number of fused-ring (bicyclic) bond motifs is 4. The Morgan fingerprint density at radius 1 is 0.472 bits per heavy atom. The SMILES string of the molecule is CCC/C(=C(/CCC)[S+]1c2ccccc2Oc2ccccc21)[S+]1c2ccccc2Oc2ccccc21. The molecule has 4 aromatic rings. The molecule has 6 rings (SSSR count). The van der Waals surface area contributed by atoms with Gasteiger partial charge in [-0.2, -0.15) is 0 Å². The van der Waals surface area contributed by atoms with Crippen LogP contribution in [0.3, 0.4) is 0 Å². The van der Waals surface area contributed by atoms with E-state index in [0.717, 1.165) is 48.7 Å². The van der Waals surface area contributed by atoms with Crippen molar-refractivity contribution in [1.29, 1.82) is 0 Å². The molecule has 0 N–H and O–H groups in total. The third kappa shape index (κ3) is 4.03.